The second-order valence-electron chi connectivity index (χ2n) is 3.36. The van der Waals surface area contributed by atoms with Crippen molar-refractivity contribution in [3.05, 3.63) is 54.7 Å². The van der Waals surface area contributed by atoms with Crippen LogP contribution in [-0.4, -0.2) is 4.98 Å². The summed E-state index contributed by atoms with van der Waals surface area (Å²) in [5.74, 6) is 0. The van der Waals surface area contributed by atoms with Crippen molar-refractivity contribution < 1.29 is 17.1 Å². The third-order valence-corrected chi connectivity index (χ3v) is 2.50. The minimum absolute atomic E-state index is 0. The molecule has 0 aliphatic carbocycles. The Morgan fingerprint density at radius 3 is 2.40 bits per heavy atom. The molecule has 0 fully saturated rings. The molecule has 0 spiro atoms. The van der Waals surface area contributed by atoms with Crippen LogP contribution in [0.25, 0.3) is 21.7 Å². The molecule has 3 rings (SSSR count). The van der Waals surface area contributed by atoms with Gasteiger partial charge in [0.05, 0.1) is 5.52 Å². The van der Waals surface area contributed by atoms with Crippen molar-refractivity contribution in [2.24, 2.45) is 0 Å². The smallest absolute Gasteiger partial charge is 0.0780 e. The summed E-state index contributed by atoms with van der Waals surface area (Å²) in [4.78, 5) is 4.41. The van der Waals surface area contributed by atoms with Crippen LogP contribution in [0.5, 0.6) is 0 Å². The van der Waals surface area contributed by atoms with Gasteiger partial charge in [-0.2, -0.15) is 0 Å². The SMILES string of the molecule is [Fe].c1ccc2c(c1)ccc1cccnc12. The van der Waals surface area contributed by atoms with E-state index in [0.29, 0.717) is 0 Å². The van der Waals surface area contributed by atoms with Crippen molar-refractivity contribution in [2.45, 2.75) is 0 Å². The molecule has 0 aliphatic heterocycles. The van der Waals surface area contributed by atoms with Crippen LogP contribution in [0.1, 0.15) is 0 Å². The number of aromatic nitrogens is 1. The average molecular weight is 235 g/mol. The molecule has 3 aromatic rings. The molecule has 1 aromatic heterocycles. The third-order valence-electron chi connectivity index (χ3n) is 2.50. The quantitative estimate of drug-likeness (QED) is 0.430. The average Bonchev–Trinajstić information content (AvgIpc) is 2.29. The molecule has 2 heteroatoms. The maximum atomic E-state index is 4.41. The van der Waals surface area contributed by atoms with Crippen LogP contribution in [0.4, 0.5) is 0 Å². The molecule has 0 unspecified atom stereocenters. The van der Waals surface area contributed by atoms with E-state index in [-0.39, 0.29) is 17.1 Å². The Hall–Kier alpha value is -1.37. The summed E-state index contributed by atoms with van der Waals surface area (Å²) in [7, 11) is 0. The van der Waals surface area contributed by atoms with Crippen LogP contribution in [-0.2, 0) is 17.1 Å². The Bertz CT molecular complexity index is 550. The van der Waals surface area contributed by atoms with Gasteiger partial charge in [0.15, 0.2) is 0 Å². The predicted molar refractivity (Wildman–Crippen MR) is 59.2 cm³/mol. The summed E-state index contributed by atoms with van der Waals surface area (Å²) in [6.45, 7) is 0. The monoisotopic (exact) mass is 235 g/mol. The largest absolute Gasteiger partial charge is 0.256 e. The molecule has 0 amide bonds. The molecule has 0 N–H and O–H groups in total. The van der Waals surface area contributed by atoms with E-state index in [9.17, 15) is 0 Å². The van der Waals surface area contributed by atoms with E-state index in [1.807, 2.05) is 12.3 Å². The molecule has 0 radical (unpaired) electrons. The number of benzene rings is 2. The van der Waals surface area contributed by atoms with E-state index in [1.54, 1.807) is 0 Å². The molecule has 0 saturated heterocycles. The van der Waals surface area contributed by atoms with E-state index in [0.717, 1.165) is 5.52 Å². The second kappa shape index (κ2) is 4.01. The van der Waals surface area contributed by atoms with Gasteiger partial charge < -0.3 is 0 Å². The van der Waals surface area contributed by atoms with E-state index < -0.39 is 0 Å². The van der Waals surface area contributed by atoms with Gasteiger partial charge in [-0.05, 0) is 11.5 Å². The number of fused-ring (bicyclic) bond motifs is 3. The first-order chi connectivity index (χ1) is 6.95. The fraction of sp³-hybridized carbons (Fsp3) is 0. The normalized spacial score (nSPS) is 10.1. The van der Waals surface area contributed by atoms with Crippen LogP contribution in [0.15, 0.2) is 54.7 Å². The Kier molecular flexibility index (Phi) is 2.72. The van der Waals surface area contributed by atoms with E-state index in [1.165, 1.54) is 16.2 Å². The first kappa shape index (κ1) is 10.2. The number of pyridine rings is 1. The van der Waals surface area contributed by atoms with E-state index in [4.69, 9.17) is 0 Å². The second-order valence-corrected chi connectivity index (χ2v) is 3.36. The van der Waals surface area contributed by atoms with Crippen molar-refractivity contribution in [2.75, 3.05) is 0 Å². The first-order valence-corrected chi connectivity index (χ1v) is 4.68. The fourth-order valence-corrected chi connectivity index (χ4v) is 1.81. The van der Waals surface area contributed by atoms with Gasteiger partial charge >= 0.3 is 0 Å². The molecule has 2 aromatic carbocycles. The van der Waals surface area contributed by atoms with Crippen LogP contribution in [0.3, 0.4) is 0 Å². The van der Waals surface area contributed by atoms with Gasteiger partial charge in [-0.1, -0.05) is 42.5 Å². The molecule has 1 nitrogen and oxygen atoms in total. The number of hydrogen-bond donors (Lipinski definition) is 0. The Morgan fingerprint density at radius 2 is 1.47 bits per heavy atom. The molecule has 1 heterocycles. The van der Waals surface area contributed by atoms with Gasteiger partial charge in [-0.3, -0.25) is 4.98 Å². The van der Waals surface area contributed by atoms with Crippen molar-refractivity contribution in [1.29, 1.82) is 0 Å². The molecule has 0 bridgehead atoms. The van der Waals surface area contributed by atoms with Crippen molar-refractivity contribution >= 4 is 21.7 Å². The molecule has 0 saturated carbocycles. The number of hydrogen-bond acceptors (Lipinski definition) is 1. The van der Waals surface area contributed by atoms with Crippen molar-refractivity contribution in [1.82, 2.24) is 4.98 Å². The Labute approximate surface area is 98.6 Å². The zero-order valence-electron chi connectivity index (χ0n) is 8.00. The van der Waals surface area contributed by atoms with Crippen molar-refractivity contribution in [3.8, 4) is 0 Å². The first-order valence-electron chi connectivity index (χ1n) is 4.68. The number of rotatable bonds is 0. The maximum Gasteiger partial charge on any atom is 0.0780 e. The minimum atomic E-state index is 0. The number of nitrogens with zero attached hydrogens (tertiary/aromatic N) is 1. The van der Waals surface area contributed by atoms with Gasteiger partial charge in [-0.15, -0.1) is 0 Å². The summed E-state index contributed by atoms with van der Waals surface area (Å²) >= 11 is 0. The minimum Gasteiger partial charge on any atom is -0.256 e. The molecule has 0 aliphatic rings. The summed E-state index contributed by atoms with van der Waals surface area (Å²) < 4.78 is 0. The van der Waals surface area contributed by atoms with Gasteiger partial charge in [-0.25, -0.2) is 0 Å². The van der Waals surface area contributed by atoms with Gasteiger partial charge in [0.2, 0.25) is 0 Å². The zero-order chi connectivity index (χ0) is 9.38. The summed E-state index contributed by atoms with van der Waals surface area (Å²) in [5.41, 5.74) is 1.09. The Balaban J connectivity index is 0.000000853. The third kappa shape index (κ3) is 1.63. The summed E-state index contributed by atoms with van der Waals surface area (Å²) in [6, 6.07) is 16.7. The zero-order valence-corrected chi connectivity index (χ0v) is 9.10. The molecular formula is C13H9FeN. The fourth-order valence-electron chi connectivity index (χ4n) is 1.81. The van der Waals surface area contributed by atoms with Crippen LogP contribution >= 0.6 is 0 Å². The summed E-state index contributed by atoms with van der Waals surface area (Å²) in [6.07, 6.45) is 1.84. The van der Waals surface area contributed by atoms with Gasteiger partial charge in [0.1, 0.15) is 0 Å². The van der Waals surface area contributed by atoms with E-state index in [2.05, 4.69) is 47.4 Å². The van der Waals surface area contributed by atoms with Crippen LogP contribution in [0.2, 0.25) is 0 Å². The van der Waals surface area contributed by atoms with Crippen molar-refractivity contribution in [3.63, 3.8) is 0 Å². The molecular weight excluding hydrogens is 226 g/mol. The standard InChI is InChI=1S/C13H9N.Fe/c1-2-6-12-10(4-1)7-8-11-5-3-9-14-13(11)12;/h1-9H;. The molecule has 0 atom stereocenters. The van der Waals surface area contributed by atoms with Crippen LogP contribution in [0, 0.1) is 0 Å². The van der Waals surface area contributed by atoms with E-state index >= 15 is 0 Å². The molecule has 15 heavy (non-hydrogen) atoms. The molecule has 74 valence electrons. The topological polar surface area (TPSA) is 12.9 Å². The maximum absolute atomic E-state index is 4.41. The predicted octanol–water partition coefficient (Wildman–Crippen LogP) is 3.39. The van der Waals surface area contributed by atoms with Gasteiger partial charge in [0, 0.05) is 34.0 Å². The Morgan fingerprint density at radius 1 is 0.733 bits per heavy atom. The van der Waals surface area contributed by atoms with Crippen LogP contribution < -0.4 is 0 Å². The summed E-state index contributed by atoms with van der Waals surface area (Å²) in [5, 5.41) is 3.68. The van der Waals surface area contributed by atoms with Gasteiger partial charge in [0.25, 0.3) is 0 Å².